The Balaban J connectivity index is 1.55. The molecular formula is C20H27F3N6. The summed E-state index contributed by atoms with van der Waals surface area (Å²) in [7, 11) is 0. The summed E-state index contributed by atoms with van der Waals surface area (Å²) in [6.45, 7) is 6.60. The quantitative estimate of drug-likeness (QED) is 0.544. The van der Waals surface area contributed by atoms with Crippen molar-refractivity contribution in [2.24, 2.45) is 4.99 Å². The van der Waals surface area contributed by atoms with Gasteiger partial charge in [-0.05, 0) is 37.3 Å². The highest BCUT2D eigenvalue weighted by atomic mass is 19.4. The third-order valence-corrected chi connectivity index (χ3v) is 5.06. The Hall–Kier alpha value is -2.58. The maximum Gasteiger partial charge on any atom is 0.416 e. The predicted octanol–water partition coefficient (Wildman–Crippen LogP) is 3.49. The molecule has 1 aromatic heterocycles. The molecule has 6 nitrogen and oxygen atoms in total. The van der Waals surface area contributed by atoms with E-state index in [9.17, 15) is 13.2 Å². The number of guanidine groups is 1. The lowest BCUT2D eigenvalue weighted by atomic mass is 9.96. The van der Waals surface area contributed by atoms with Crippen molar-refractivity contribution in [2.45, 2.75) is 58.3 Å². The third kappa shape index (κ3) is 5.48. The van der Waals surface area contributed by atoms with Crippen LogP contribution >= 0.6 is 0 Å². The highest BCUT2D eigenvalue weighted by molar-refractivity contribution is 5.79. The SMILES string of the molecule is CCNC(=NCc1nnc2n1CCC2)NCCC(C)c1cccc(C(F)(F)F)c1. The minimum Gasteiger partial charge on any atom is -0.357 e. The van der Waals surface area contributed by atoms with E-state index < -0.39 is 11.7 Å². The monoisotopic (exact) mass is 408 g/mol. The Bertz CT molecular complexity index is 843. The molecule has 0 amide bonds. The predicted molar refractivity (Wildman–Crippen MR) is 106 cm³/mol. The number of aryl methyl sites for hydroxylation is 1. The van der Waals surface area contributed by atoms with Crippen molar-refractivity contribution in [1.29, 1.82) is 0 Å². The van der Waals surface area contributed by atoms with Crippen molar-refractivity contribution in [3.8, 4) is 0 Å². The Morgan fingerprint density at radius 3 is 2.86 bits per heavy atom. The van der Waals surface area contributed by atoms with Crippen LogP contribution in [0.5, 0.6) is 0 Å². The molecule has 9 heteroatoms. The van der Waals surface area contributed by atoms with Crippen LogP contribution in [0.3, 0.4) is 0 Å². The zero-order valence-electron chi connectivity index (χ0n) is 16.8. The van der Waals surface area contributed by atoms with Crippen LogP contribution in [-0.2, 0) is 25.7 Å². The summed E-state index contributed by atoms with van der Waals surface area (Å²) in [4.78, 5) is 4.57. The summed E-state index contributed by atoms with van der Waals surface area (Å²) in [5, 5.41) is 14.8. The molecule has 0 aliphatic carbocycles. The van der Waals surface area contributed by atoms with Gasteiger partial charge in [0.15, 0.2) is 11.8 Å². The first-order chi connectivity index (χ1) is 13.9. The highest BCUT2D eigenvalue weighted by Crippen LogP contribution is 2.31. The van der Waals surface area contributed by atoms with E-state index in [0.29, 0.717) is 37.6 Å². The molecule has 2 aromatic rings. The number of aliphatic imine (C=N–C) groups is 1. The fraction of sp³-hybridized carbons (Fsp3) is 0.550. The molecule has 29 heavy (non-hydrogen) atoms. The van der Waals surface area contributed by atoms with Crippen LogP contribution in [0.25, 0.3) is 0 Å². The minimum atomic E-state index is -4.32. The largest absolute Gasteiger partial charge is 0.416 e. The number of fused-ring (bicyclic) bond motifs is 1. The number of aromatic nitrogens is 3. The number of nitrogens with one attached hydrogen (secondary N) is 2. The van der Waals surface area contributed by atoms with Gasteiger partial charge in [0.1, 0.15) is 12.4 Å². The van der Waals surface area contributed by atoms with Crippen LogP contribution in [0.4, 0.5) is 13.2 Å². The van der Waals surface area contributed by atoms with E-state index in [1.54, 1.807) is 6.07 Å². The molecule has 1 aliphatic heterocycles. The Kier molecular flexibility index (Phi) is 6.76. The summed E-state index contributed by atoms with van der Waals surface area (Å²) >= 11 is 0. The lowest BCUT2D eigenvalue weighted by Crippen LogP contribution is -2.38. The van der Waals surface area contributed by atoms with Gasteiger partial charge in [0.2, 0.25) is 0 Å². The van der Waals surface area contributed by atoms with Gasteiger partial charge >= 0.3 is 6.18 Å². The standard InChI is InChI=1S/C20H27F3N6/c1-3-24-19(26-13-18-28-27-17-8-5-11-29(17)18)25-10-9-14(2)15-6-4-7-16(12-15)20(21,22)23/h4,6-7,12,14H,3,5,8-11,13H2,1-2H3,(H2,24,25,26). The van der Waals surface area contributed by atoms with Gasteiger partial charge in [-0.15, -0.1) is 10.2 Å². The van der Waals surface area contributed by atoms with E-state index in [-0.39, 0.29) is 5.92 Å². The summed E-state index contributed by atoms with van der Waals surface area (Å²) < 4.78 is 40.8. The minimum absolute atomic E-state index is 0.00700. The second kappa shape index (κ2) is 9.28. The van der Waals surface area contributed by atoms with Crippen LogP contribution < -0.4 is 10.6 Å². The fourth-order valence-corrected chi connectivity index (χ4v) is 3.41. The Labute approximate surface area is 168 Å². The molecule has 1 atom stereocenters. The Morgan fingerprint density at radius 1 is 1.28 bits per heavy atom. The molecule has 0 spiro atoms. The molecule has 2 heterocycles. The van der Waals surface area contributed by atoms with E-state index in [1.165, 1.54) is 12.1 Å². The highest BCUT2D eigenvalue weighted by Gasteiger charge is 2.30. The summed E-state index contributed by atoms with van der Waals surface area (Å²) in [5.41, 5.74) is 0.0770. The lowest BCUT2D eigenvalue weighted by molar-refractivity contribution is -0.137. The molecule has 158 valence electrons. The van der Waals surface area contributed by atoms with E-state index in [4.69, 9.17) is 0 Å². The average molecular weight is 408 g/mol. The van der Waals surface area contributed by atoms with Gasteiger partial charge in [-0.25, -0.2) is 4.99 Å². The lowest BCUT2D eigenvalue weighted by Gasteiger charge is -2.16. The van der Waals surface area contributed by atoms with Crippen molar-refractivity contribution >= 4 is 5.96 Å². The number of hydrogen-bond acceptors (Lipinski definition) is 3. The zero-order valence-corrected chi connectivity index (χ0v) is 16.8. The second-order valence-electron chi connectivity index (χ2n) is 7.22. The number of rotatable bonds is 7. The summed E-state index contributed by atoms with van der Waals surface area (Å²) in [6, 6.07) is 5.54. The van der Waals surface area contributed by atoms with Crippen molar-refractivity contribution in [1.82, 2.24) is 25.4 Å². The normalized spacial score (nSPS) is 15.3. The van der Waals surface area contributed by atoms with Crippen molar-refractivity contribution in [2.75, 3.05) is 13.1 Å². The maximum absolute atomic E-state index is 12.9. The molecule has 0 fully saturated rings. The van der Waals surface area contributed by atoms with Gasteiger partial charge in [0.25, 0.3) is 0 Å². The molecule has 1 aromatic carbocycles. The van der Waals surface area contributed by atoms with E-state index in [0.717, 1.165) is 37.1 Å². The number of halogens is 3. The maximum atomic E-state index is 12.9. The average Bonchev–Trinajstić information content (AvgIpc) is 3.29. The van der Waals surface area contributed by atoms with Crippen molar-refractivity contribution < 1.29 is 13.2 Å². The molecule has 1 aliphatic rings. The van der Waals surface area contributed by atoms with Gasteiger partial charge in [-0.3, -0.25) is 0 Å². The number of benzene rings is 1. The zero-order chi connectivity index (χ0) is 20.9. The Morgan fingerprint density at radius 2 is 2.10 bits per heavy atom. The molecule has 0 saturated carbocycles. The molecule has 2 N–H and O–H groups in total. The molecule has 0 bridgehead atoms. The first-order valence-corrected chi connectivity index (χ1v) is 9.98. The van der Waals surface area contributed by atoms with E-state index in [2.05, 4.69) is 30.4 Å². The van der Waals surface area contributed by atoms with Crippen LogP contribution in [-0.4, -0.2) is 33.8 Å². The molecular weight excluding hydrogens is 381 g/mol. The number of hydrogen-bond donors (Lipinski definition) is 2. The van der Waals surface area contributed by atoms with Gasteiger partial charge < -0.3 is 15.2 Å². The topological polar surface area (TPSA) is 67.1 Å². The summed E-state index contributed by atoms with van der Waals surface area (Å²) in [5.74, 6) is 2.53. The fourth-order valence-electron chi connectivity index (χ4n) is 3.41. The van der Waals surface area contributed by atoms with Gasteiger partial charge in [-0.1, -0.05) is 25.1 Å². The molecule has 0 saturated heterocycles. The number of alkyl halides is 3. The second-order valence-corrected chi connectivity index (χ2v) is 7.22. The van der Waals surface area contributed by atoms with Crippen molar-refractivity contribution in [3.63, 3.8) is 0 Å². The van der Waals surface area contributed by atoms with E-state index >= 15 is 0 Å². The van der Waals surface area contributed by atoms with Gasteiger partial charge in [0, 0.05) is 26.1 Å². The van der Waals surface area contributed by atoms with Gasteiger partial charge in [-0.2, -0.15) is 13.2 Å². The van der Waals surface area contributed by atoms with Gasteiger partial charge in [0.05, 0.1) is 5.56 Å². The number of nitrogens with zero attached hydrogens (tertiary/aromatic N) is 4. The first-order valence-electron chi connectivity index (χ1n) is 9.98. The van der Waals surface area contributed by atoms with Crippen molar-refractivity contribution in [3.05, 3.63) is 47.0 Å². The van der Waals surface area contributed by atoms with Crippen LogP contribution in [0.2, 0.25) is 0 Å². The third-order valence-electron chi connectivity index (χ3n) is 5.06. The first kappa shape index (κ1) is 21.1. The van der Waals surface area contributed by atoms with Crippen LogP contribution in [0.1, 0.15) is 55.4 Å². The smallest absolute Gasteiger partial charge is 0.357 e. The summed E-state index contributed by atoms with van der Waals surface area (Å²) in [6.07, 6.45) is -1.58. The molecule has 3 rings (SSSR count). The molecule has 0 radical (unpaired) electrons. The molecule has 1 unspecified atom stereocenters. The van der Waals surface area contributed by atoms with Crippen LogP contribution in [0.15, 0.2) is 29.3 Å². The van der Waals surface area contributed by atoms with Crippen LogP contribution in [0, 0.1) is 0 Å². The van der Waals surface area contributed by atoms with E-state index in [1.807, 2.05) is 13.8 Å².